The summed E-state index contributed by atoms with van der Waals surface area (Å²) in [4.78, 5) is 54.7. The lowest BCUT2D eigenvalue weighted by molar-refractivity contribution is -0.133. The number of methoxy groups -OCH3 is 1. The first-order chi connectivity index (χ1) is 17.8. The number of piperazine rings is 1. The molecule has 0 unspecified atom stereocenters. The van der Waals surface area contributed by atoms with E-state index in [1.54, 1.807) is 19.1 Å². The zero-order chi connectivity index (χ0) is 26.5. The highest BCUT2D eigenvalue weighted by Gasteiger charge is 2.21. The molecule has 0 atom stereocenters. The van der Waals surface area contributed by atoms with E-state index >= 15 is 0 Å². The summed E-state index contributed by atoms with van der Waals surface area (Å²) in [5.74, 6) is 0.106. The van der Waals surface area contributed by atoms with Crippen LogP contribution in [-0.4, -0.2) is 88.1 Å². The summed E-state index contributed by atoms with van der Waals surface area (Å²) >= 11 is 0. The van der Waals surface area contributed by atoms with E-state index in [2.05, 4.69) is 25.2 Å². The number of amides is 2. The maximum absolute atomic E-state index is 13.2. The molecule has 37 heavy (non-hydrogen) atoms. The predicted octanol–water partition coefficient (Wildman–Crippen LogP) is 0.592. The molecule has 1 aliphatic rings. The number of nitrogen functional groups attached to an aromatic ring is 1. The highest BCUT2D eigenvalue weighted by molar-refractivity contribution is 6.03. The van der Waals surface area contributed by atoms with Crippen molar-refractivity contribution < 1.29 is 19.1 Å². The number of benzene rings is 1. The summed E-state index contributed by atoms with van der Waals surface area (Å²) in [6.45, 7) is 5.25. The molecule has 0 aliphatic carbocycles. The number of anilines is 2. The Kier molecular flexibility index (Phi) is 7.82. The standard InChI is InChI=1S/C24H30N8O5/c1-4-32-22(35)16-5-6-17(37-12-7-18(33)31-10-8-30(2)9-11-31)20(36-3)19(16)28-24(32)29-21(34)15-13-26-23(25)27-14-15/h5-6,13-14H,4,7-12H2,1-3H3,(H2,25,26,27)(H,28,29,34). The highest BCUT2D eigenvalue weighted by Crippen LogP contribution is 2.34. The summed E-state index contributed by atoms with van der Waals surface area (Å²) < 4.78 is 12.8. The minimum absolute atomic E-state index is 0.0217. The SMILES string of the molecule is CCn1c(NC(=O)c2cnc(N)nc2)nc2c(OC)c(OCCC(=O)N3CCN(C)CC3)ccc2c1=O. The minimum atomic E-state index is -0.553. The molecule has 0 spiro atoms. The second-order valence-corrected chi connectivity index (χ2v) is 8.54. The Morgan fingerprint density at radius 3 is 2.49 bits per heavy atom. The zero-order valence-corrected chi connectivity index (χ0v) is 21.1. The van der Waals surface area contributed by atoms with Crippen molar-refractivity contribution in [2.75, 3.05) is 58.0 Å². The van der Waals surface area contributed by atoms with Crippen molar-refractivity contribution in [3.8, 4) is 11.5 Å². The number of carbonyl (C=O) groups excluding carboxylic acids is 2. The Labute approximate surface area is 213 Å². The molecular formula is C24H30N8O5. The second kappa shape index (κ2) is 11.2. The van der Waals surface area contributed by atoms with Gasteiger partial charge in [-0.25, -0.2) is 15.0 Å². The van der Waals surface area contributed by atoms with Crippen molar-refractivity contribution in [1.82, 2.24) is 29.3 Å². The van der Waals surface area contributed by atoms with E-state index in [0.717, 1.165) is 13.1 Å². The monoisotopic (exact) mass is 510 g/mol. The summed E-state index contributed by atoms with van der Waals surface area (Å²) in [7, 11) is 3.47. The van der Waals surface area contributed by atoms with E-state index in [0.29, 0.717) is 24.2 Å². The molecule has 3 N–H and O–H groups in total. The highest BCUT2D eigenvalue weighted by atomic mass is 16.5. The molecule has 0 bridgehead atoms. The van der Waals surface area contributed by atoms with Crippen LogP contribution >= 0.6 is 0 Å². The molecule has 0 radical (unpaired) electrons. The van der Waals surface area contributed by atoms with E-state index in [1.807, 2.05) is 11.9 Å². The van der Waals surface area contributed by atoms with Crippen molar-refractivity contribution in [1.29, 1.82) is 0 Å². The lowest BCUT2D eigenvalue weighted by atomic mass is 10.2. The van der Waals surface area contributed by atoms with Crippen molar-refractivity contribution in [2.24, 2.45) is 0 Å². The molecule has 2 aromatic heterocycles. The third-order valence-electron chi connectivity index (χ3n) is 6.15. The van der Waals surface area contributed by atoms with Gasteiger partial charge in [-0.05, 0) is 26.1 Å². The average Bonchev–Trinajstić information content (AvgIpc) is 2.89. The number of rotatable bonds is 8. The predicted molar refractivity (Wildman–Crippen MR) is 137 cm³/mol. The molecule has 13 nitrogen and oxygen atoms in total. The van der Waals surface area contributed by atoms with Gasteiger partial charge in [0, 0.05) is 45.1 Å². The lowest BCUT2D eigenvalue weighted by Gasteiger charge is -2.32. The fourth-order valence-electron chi connectivity index (χ4n) is 4.04. The molecular weight excluding hydrogens is 480 g/mol. The Bertz CT molecular complexity index is 1350. The van der Waals surface area contributed by atoms with Gasteiger partial charge < -0.3 is 25.0 Å². The Morgan fingerprint density at radius 2 is 1.84 bits per heavy atom. The number of fused-ring (bicyclic) bond motifs is 1. The van der Waals surface area contributed by atoms with Gasteiger partial charge in [0.05, 0.1) is 31.1 Å². The number of hydrogen-bond acceptors (Lipinski definition) is 10. The van der Waals surface area contributed by atoms with Crippen molar-refractivity contribution in [2.45, 2.75) is 19.9 Å². The van der Waals surface area contributed by atoms with Gasteiger partial charge >= 0.3 is 0 Å². The van der Waals surface area contributed by atoms with Crippen LogP contribution in [-0.2, 0) is 11.3 Å². The summed E-state index contributed by atoms with van der Waals surface area (Å²) in [6, 6.07) is 3.21. The molecule has 1 aliphatic heterocycles. The van der Waals surface area contributed by atoms with Crippen molar-refractivity contribution >= 4 is 34.6 Å². The average molecular weight is 511 g/mol. The quantitative estimate of drug-likeness (QED) is 0.439. The maximum Gasteiger partial charge on any atom is 0.262 e. The molecule has 13 heteroatoms. The Morgan fingerprint density at radius 1 is 1.14 bits per heavy atom. The largest absolute Gasteiger partial charge is 0.491 e. The van der Waals surface area contributed by atoms with Crippen molar-refractivity contribution in [3.63, 3.8) is 0 Å². The van der Waals surface area contributed by atoms with Gasteiger partial charge in [0.1, 0.15) is 5.52 Å². The van der Waals surface area contributed by atoms with Gasteiger partial charge in [0.25, 0.3) is 11.5 Å². The van der Waals surface area contributed by atoms with E-state index < -0.39 is 5.91 Å². The van der Waals surface area contributed by atoms with Crippen molar-refractivity contribution in [3.05, 3.63) is 40.4 Å². The second-order valence-electron chi connectivity index (χ2n) is 8.54. The van der Waals surface area contributed by atoms with Crippen LogP contribution < -0.4 is 26.1 Å². The first-order valence-electron chi connectivity index (χ1n) is 11.9. The van der Waals surface area contributed by atoms with Gasteiger partial charge in [-0.2, -0.15) is 0 Å². The minimum Gasteiger partial charge on any atom is -0.491 e. The van der Waals surface area contributed by atoms with Crippen LogP contribution in [0.15, 0.2) is 29.3 Å². The van der Waals surface area contributed by atoms with Gasteiger partial charge in [-0.1, -0.05) is 0 Å². The zero-order valence-electron chi connectivity index (χ0n) is 21.1. The van der Waals surface area contributed by atoms with E-state index in [-0.39, 0.29) is 59.8 Å². The fraction of sp³-hybridized carbons (Fsp3) is 0.417. The van der Waals surface area contributed by atoms with Gasteiger partial charge in [0.15, 0.2) is 11.5 Å². The number of carbonyl (C=O) groups is 2. The van der Waals surface area contributed by atoms with Crippen LogP contribution in [0.3, 0.4) is 0 Å². The summed E-state index contributed by atoms with van der Waals surface area (Å²) in [5, 5.41) is 2.94. The number of aromatic nitrogens is 4. The lowest BCUT2D eigenvalue weighted by Crippen LogP contribution is -2.47. The number of hydrogen-bond donors (Lipinski definition) is 2. The van der Waals surface area contributed by atoms with Crippen LogP contribution in [0.1, 0.15) is 23.7 Å². The normalized spacial score (nSPS) is 14.0. The smallest absolute Gasteiger partial charge is 0.262 e. The molecule has 196 valence electrons. The maximum atomic E-state index is 13.2. The van der Waals surface area contributed by atoms with Crippen LogP contribution in [0, 0.1) is 0 Å². The fourth-order valence-corrected chi connectivity index (χ4v) is 4.04. The van der Waals surface area contributed by atoms with Gasteiger partial charge in [0.2, 0.25) is 17.8 Å². The van der Waals surface area contributed by atoms with E-state index in [9.17, 15) is 14.4 Å². The Balaban J connectivity index is 1.57. The number of nitrogens with two attached hydrogens (primary N) is 1. The molecule has 1 aromatic carbocycles. The number of ether oxygens (including phenoxy) is 2. The molecule has 3 aromatic rings. The third-order valence-corrected chi connectivity index (χ3v) is 6.15. The first-order valence-corrected chi connectivity index (χ1v) is 11.9. The van der Waals surface area contributed by atoms with Crippen LogP contribution in [0.25, 0.3) is 10.9 Å². The Hall–Kier alpha value is -4.26. The number of nitrogens with one attached hydrogen (secondary N) is 1. The van der Waals surface area contributed by atoms with Crippen LogP contribution in [0.2, 0.25) is 0 Å². The van der Waals surface area contributed by atoms with E-state index in [4.69, 9.17) is 15.2 Å². The summed E-state index contributed by atoms with van der Waals surface area (Å²) in [6.07, 6.45) is 2.77. The molecule has 4 rings (SSSR count). The number of likely N-dealkylation sites (N-methyl/N-ethyl adjacent to an activating group) is 1. The number of nitrogens with zero attached hydrogens (tertiary/aromatic N) is 6. The molecule has 0 saturated carbocycles. The topological polar surface area (TPSA) is 158 Å². The molecule has 3 heterocycles. The van der Waals surface area contributed by atoms with Gasteiger partial charge in [-0.3, -0.25) is 24.3 Å². The van der Waals surface area contributed by atoms with Crippen LogP contribution in [0.4, 0.5) is 11.9 Å². The molecule has 1 fully saturated rings. The first kappa shape index (κ1) is 25.8. The van der Waals surface area contributed by atoms with E-state index in [1.165, 1.54) is 24.1 Å². The van der Waals surface area contributed by atoms with Crippen LogP contribution in [0.5, 0.6) is 11.5 Å². The van der Waals surface area contributed by atoms with Gasteiger partial charge in [-0.15, -0.1) is 0 Å². The molecule has 2 amide bonds. The summed E-state index contributed by atoms with van der Waals surface area (Å²) in [5.41, 5.74) is 5.51. The molecule has 1 saturated heterocycles. The third kappa shape index (κ3) is 5.61.